The third-order valence-corrected chi connectivity index (χ3v) is 3.98. The second-order valence-corrected chi connectivity index (χ2v) is 10.8. The molecule has 1 N–H and O–H groups in total. The van der Waals surface area contributed by atoms with E-state index < -0.39 is 13.7 Å². The molecule has 1 saturated carbocycles. The molecule has 0 aliphatic heterocycles. The van der Waals surface area contributed by atoms with E-state index in [1.54, 1.807) is 0 Å². The summed E-state index contributed by atoms with van der Waals surface area (Å²) in [6.45, 7) is 8.72. The fourth-order valence-electron chi connectivity index (χ4n) is 2.02. The molecule has 0 unspecified atom stereocenters. The van der Waals surface area contributed by atoms with E-state index in [1.165, 1.54) is 0 Å². The van der Waals surface area contributed by atoms with Gasteiger partial charge in [0.15, 0.2) is 0 Å². The maximum absolute atomic E-state index is 11.6. The largest absolute Gasteiger partial charge is 0.466 e. The maximum Gasteiger partial charge on any atom is 0.308 e. The van der Waals surface area contributed by atoms with Crippen molar-refractivity contribution in [1.82, 2.24) is 0 Å². The standard InChI is InChI=1S/C14H24O3Si/c1-5-17-13(15)12-6-8-14(16,9-7-12)10-11-18(2,3)4/h12,16H,5-9H2,1-4H3/t12-,14-. The molecule has 0 amide bonds. The van der Waals surface area contributed by atoms with Gasteiger partial charge in [0, 0.05) is 0 Å². The molecule has 18 heavy (non-hydrogen) atoms. The van der Waals surface area contributed by atoms with Crippen LogP contribution in [0.2, 0.25) is 19.6 Å². The zero-order valence-electron chi connectivity index (χ0n) is 11.9. The van der Waals surface area contributed by atoms with Crippen LogP contribution >= 0.6 is 0 Å². The summed E-state index contributed by atoms with van der Waals surface area (Å²) >= 11 is 0. The molecule has 1 aliphatic carbocycles. The van der Waals surface area contributed by atoms with E-state index in [0.29, 0.717) is 32.3 Å². The molecular weight excluding hydrogens is 244 g/mol. The van der Waals surface area contributed by atoms with E-state index >= 15 is 0 Å². The molecular formula is C14H24O3Si. The second kappa shape index (κ2) is 5.90. The molecule has 102 valence electrons. The summed E-state index contributed by atoms with van der Waals surface area (Å²) in [6, 6.07) is 0. The van der Waals surface area contributed by atoms with E-state index in [1.807, 2.05) is 6.92 Å². The molecule has 0 aromatic carbocycles. The Kier molecular flexibility index (Phi) is 5.00. The van der Waals surface area contributed by atoms with Crippen LogP contribution in [0, 0.1) is 17.4 Å². The summed E-state index contributed by atoms with van der Waals surface area (Å²) in [5.74, 6) is 2.86. The van der Waals surface area contributed by atoms with E-state index in [2.05, 4.69) is 31.1 Å². The average Bonchev–Trinajstić information content (AvgIpc) is 2.27. The van der Waals surface area contributed by atoms with Gasteiger partial charge in [-0.25, -0.2) is 0 Å². The normalized spacial score (nSPS) is 28.2. The van der Waals surface area contributed by atoms with Crippen LogP contribution in [0.4, 0.5) is 0 Å². The number of ether oxygens (including phenoxy) is 1. The number of carbonyl (C=O) groups excluding carboxylic acids is 1. The van der Waals surface area contributed by atoms with Crippen molar-refractivity contribution < 1.29 is 14.6 Å². The zero-order valence-corrected chi connectivity index (χ0v) is 12.9. The highest BCUT2D eigenvalue weighted by Crippen LogP contribution is 2.32. The van der Waals surface area contributed by atoms with Crippen molar-refractivity contribution in [3.05, 3.63) is 0 Å². The zero-order chi connectivity index (χ0) is 13.8. The Bertz CT molecular complexity index is 351. The fraction of sp³-hybridized carbons (Fsp3) is 0.786. The highest BCUT2D eigenvalue weighted by Gasteiger charge is 2.35. The SMILES string of the molecule is CCOC(=O)[C@H]1CC[C@@](O)(C#C[Si](C)(C)C)CC1. The van der Waals surface area contributed by atoms with Gasteiger partial charge in [-0.05, 0) is 32.6 Å². The molecule has 1 fully saturated rings. The summed E-state index contributed by atoms with van der Waals surface area (Å²) in [6.07, 6.45) is 2.51. The molecule has 0 aromatic heterocycles. The molecule has 1 aliphatic rings. The number of esters is 1. The van der Waals surface area contributed by atoms with Crippen LogP contribution in [-0.2, 0) is 9.53 Å². The number of aliphatic hydroxyl groups is 1. The second-order valence-electron chi connectivity index (χ2n) is 6.06. The van der Waals surface area contributed by atoms with Gasteiger partial charge in [-0.2, -0.15) is 0 Å². The first-order chi connectivity index (χ1) is 8.26. The summed E-state index contributed by atoms with van der Waals surface area (Å²) in [4.78, 5) is 11.6. The highest BCUT2D eigenvalue weighted by atomic mass is 28.3. The topological polar surface area (TPSA) is 46.5 Å². The molecule has 0 spiro atoms. The minimum absolute atomic E-state index is 0.0566. The van der Waals surface area contributed by atoms with Gasteiger partial charge < -0.3 is 9.84 Å². The van der Waals surface area contributed by atoms with Crippen LogP contribution < -0.4 is 0 Å². The van der Waals surface area contributed by atoms with Gasteiger partial charge in [-0.1, -0.05) is 25.6 Å². The minimum Gasteiger partial charge on any atom is -0.466 e. The average molecular weight is 268 g/mol. The lowest BCUT2D eigenvalue weighted by molar-refractivity contribution is -0.150. The predicted octanol–water partition coefficient (Wildman–Crippen LogP) is 2.35. The van der Waals surface area contributed by atoms with Gasteiger partial charge in [0.2, 0.25) is 0 Å². The van der Waals surface area contributed by atoms with Crippen molar-refractivity contribution in [3.8, 4) is 11.5 Å². The van der Waals surface area contributed by atoms with Crippen molar-refractivity contribution in [3.63, 3.8) is 0 Å². The van der Waals surface area contributed by atoms with Gasteiger partial charge in [-0.3, -0.25) is 4.79 Å². The van der Waals surface area contributed by atoms with Crippen LogP contribution in [0.25, 0.3) is 0 Å². The lowest BCUT2D eigenvalue weighted by atomic mass is 9.79. The van der Waals surface area contributed by atoms with Crippen molar-refractivity contribution in [1.29, 1.82) is 0 Å². The van der Waals surface area contributed by atoms with Crippen LogP contribution in [0.15, 0.2) is 0 Å². The number of hydrogen-bond donors (Lipinski definition) is 1. The Hall–Kier alpha value is -0.793. The summed E-state index contributed by atoms with van der Waals surface area (Å²) in [5, 5.41) is 10.4. The van der Waals surface area contributed by atoms with Gasteiger partial charge in [0.05, 0.1) is 12.5 Å². The van der Waals surface area contributed by atoms with E-state index in [4.69, 9.17) is 4.74 Å². The molecule has 0 aromatic rings. The molecule has 0 saturated heterocycles. The van der Waals surface area contributed by atoms with Crippen LogP contribution in [0.3, 0.4) is 0 Å². The van der Waals surface area contributed by atoms with E-state index in [0.717, 1.165) is 0 Å². The summed E-state index contributed by atoms with van der Waals surface area (Å²) in [7, 11) is -1.45. The number of rotatable bonds is 2. The van der Waals surface area contributed by atoms with Crippen LogP contribution in [-0.4, -0.2) is 31.4 Å². The van der Waals surface area contributed by atoms with Crippen molar-refractivity contribution in [2.24, 2.45) is 5.92 Å². The van der Waals surface area contributed by atoms with Gasteiger partial charge in [-0.15, -0.1) is 5.54 Å². The molecule has 4 heteroatoms. The molecule has 0 bridgehead atoms. The van der Waals surface area contributed by atoms with Crippen molar-refractivity contribution >= 4 is 14.0 Å². The van der Waals surface area contributed by atoms with Gasteiger partial charge in [0.25, 0.3) is 0 Å². The van der Waals surface area contributed by atoms with E-state index in [9.17, 15) is 9.90 Å². The predicted molar refractivity (Wildman–Crippen MR) is 74.7 cm³/mol. The number of carbonyl (C=O) groups is 1. The van der Waals surface area contributed by atoms with Gasteiger partial charge >= 0.3 is 5.97 Å². The highest BCUT2D eigenvalue weighted by molar-refractivity contribution is 6.83. The van der Waals surface area contributed by atoms with Crippen molar-refractivity contribution in [2.75, 3.05) is 6.61 Å². The third kappa shape index (κ3) is 4.83. The summed E-state index contributed by atoms with van der Waals surface area (Å²) < 4.78 is 5.01. The fourth-order valence-corrected chi connectivity index (χ4v) is 2.63. The van der Waals surface area contributed by atoms with E-state index in [-0.39, 0.29) is 11.9 Å². The molecule has 0 heterocycles. The van der Waals surface area contributed by atoms with Crippen LogP contribution in [0.1, 0.15) is 32.6 Å². The lowest BCUT2D eigenvalue weighted by Crippen LogP contribution is -2.36. The quantitative estimate of drug-likeness (QED) is 0.475. The molecule has 0 atom stereocenters. The first-order valence-electron chi connectivity index (χ1n) is 6.69. The maximum atomic E-state index is 11.6. The summed E-state index contributed by atoms with van der Waals surface area (Å²) in [5.41, 5.74) is 2.34. The molecule has 1 rings (SSSR count). The van der Waals surface area contributed by atoms with Crippen molar-refractivity contribution in [2.45, 2.75) is 57.8 Å². The first kappa shape index (κ1) is 15.3. The smallest absolute Gasteiger partial charge is 0.308 e. The van der Waals surface area contributed by atoms with Crippen LogP contribution in [0.5, 0.6) is 0 Å². The first-order valence-corrected chi connectivity index (χ1v) is 10.2. The number of hydrogen-bond acceptors (Lipinski definition) is 3. The molecule has 3 nitrogen and oxygen atoms in total. The Morgan fingerprint density at radius 3 is 2.39 bits per heavy atom. The monoisotopic (exact) mass is 268 g/mol. The third-order valence-electron chi connectivity index (χ3n) is 3.10. The minimum atomic E-state index is -1.45. The Balaban J connectivity index is 2.56. The lowest BCUT2D eigenvalue weighted by Gasteiger charge is -2.31. The Labute approximate surface area is 111 Å². The molecule has 0 radical (unpaired) electrons. The Morgan fingerprint density at radius 2 is 1.94 bits per heavy atom. The van der Waals surface area contributed by atoms with Gasteiger partial charge in [0.1, 0.15) is 13.7 Å². The Morgan fingerprint density at radius 1 is 1.39 bits per heavy atom.